The van der Waals surface area contributed by atoms with Gasteiger partial charge in [-0.05, 0) is 37.1 Å². The van der Waals surface area contributed by atoms with E-state index in [9.17, 15) is 9.59 Å². The summed E-state index contributed by atoms with van der Waals surface area (Å²) in [5, 5.41) is 2.03. The Balaban J connectivity index is 1.68. The molecular weight excluding hydrogens is 348 g/mol. The van der Waals surface area contributed by atoms with Crippen molar-refractivity contribution >= 4 is 23.2 Å². The predicted molar refractivity (Wildman–Crippen MR) is 103 cm³/mol. The quantitative estimate of drug-likeness (QED) is 0.731. The molecule has 144 valence electrons. The molecule has 1 aliphatic heterocycles. The number of ether oxygens (including phenoxy) is 1. The molecule has 5 nitrogen and oxygen atoms in total. The van der Waals surface area contributed by atoms with Gasteiger partial charge in [-0.1, -0.05) is 25.3 Å². The summed E-state index contributed by atoms with van der Waals surface area (Å²) in [5.74, 6) is 0.419. The van der Waals surface area contributed by atoms with E-state index in [1.807, 2.05) is 21.2 Å². The van der Waals surface area contributed by atoms with Crippen LogP contribution in [0, 0.1) is 5.92 Å². The zero-order valence-electron chi connectivity index (χ0n) is 15.7. The number of methoxy groups -OCH3 is 1. The Kier molecular flexibility index (Phi) is 7.08. The fourth-order valence-corrected chi connectivity index (χ4v) is 4.86. The highest BCUT2D eigenvalue weighted by molar-refractivity contribution is 7.09. The van der Waals surface area contributed by atoms with E-state index < -0.39 is 0 Å². The highest BCUT2D eigenvalue weighted by atomic mass is 32.1. The van der Waals surface area contributed by atoms with Gasteiger partial charge >= 0.3 is 0 Å². The summed E-state index contributed by atoms with van der Waals surface area (Å²) < 4.78 is 5.20. The van der Waals surface area contributed by atoms with Gasteiger partial charge in [0.1, 0.15) is 6.04 Å². The number of carbonyl (C=O) groups excluding carboxylic acids is 2. The van der Waals surface area contributed by atoms with Crippen LogP contribution < -0.4 is 0 Å². The molecule has 0 aromatic carbocycles. The van der Waals surface area contributed by atoms with Crippen LogP contribution in [0.25, 0.3) is 0 Å². The van der Waals surface area contributed by atoms with Crippen molar-refractivity contribution in [2.45, 2.75) is 57.5 Å². The van der Waals surface area contributed by atoms with Gasteiger partial charge in [0.2, 0.25) is 11.8 Å². The molecule has 6 heteroatoms. The zero-order valence-corrected chi connectivity index (χ0v) is 16.5. The molecule has 0 N–H and O–H groups in total. The number of amides is 2. The summed E-state index contributed by atoms with van der Waals surface area (Å²) in [6, 6.07) is 3.77. The summed E-state index contributed by atoms with van der Waals surface area (Å²) in [6.07, 6.45) is 7.19. The average molecular weight is 379 g/mol. The molecule has 1 unspecified atom stereocenters. The first-order valence-electron chi connectivity index (χ1n) is 9.81. The number of nitrogens with zero attached hydrogens (tertiary/aromatic N) is 2. The van der Waals surface area contributed by atoms with E-state index in [-0.39, 0.29) is 23.8 Å². The Bertz CT molecular complexity index is 584. The minimum Gasteiger partial charge on any atom is -0.383 e. The fourth-order valence-electron chi connectivity index (χ4n) is 4.14. The third kappa shape index (κ3) is 4.65. The first kappa shape index (κ1) is 19.4. The smallest absolute Gasteiger partial charge is 0.245 e. The van der Waals surface area contributed by atoms with Crippen molar-refractivity contribution in [3.8, 4) is 0 Å². The van der Waals surface area contributed by atoms with Gasteiger partial charge in [0, 0.05) is 31.0 Å². The summed E-state index contributed by atoms with van der Waals surface area (Å²) in [6.45, 7) is 2.40. The SMILES string of the molecule is COCCN(Cc1cccs1)C(=O)C1CCCN1C(=O)C1CCCCC1. The third-order valence-electron chi connectivity index (χ3n) is 5.58. The van der Waals surface area contributed by atoms with E-state index in [1.54, 1.807) is 18.4 Å². The maximum absolute atomic E-state index is 13.3. The normalized spacial score (nSPS) is 21.1. The summed E-state index contributed by atoms with van der Waals surface area (Å²) in [4.78, 5) is 31.2. The van der Waals surface area contributed by atoms with Crippen LogP contribution in [0.2, 0.25) is 0 Å². The van der Waals surface area contributed by atoms with Gasteiger partial charge < -0.3 is 14.5 Å². The first-order chi connectivity index (χ1) is 12.7. The Morgan fingerprint density at radius 2 is 2.04 bits per heavy atom. The summed E-state index contributed by atoms with van der Waals surface area (Å²) in [7, 11) is 1.66. The molecule has 1 saturated heterocycles. The van der Waals surface area contributed by atoms with Crippen LogP contribution in [-0.2, 0) is 20.9 Å². The van der Waals surface area contributed by atoms with Crippen molar-refractivity contribution in [3.63, 3.8) is 0 Å². The maximum atomic E-state index is 13.3. The van der Waals surface area contributed by atoms with E-state index in [0.29, 0.717) is 19.7 Å². The van der Waals surface area contributed by atoms with Crippen molar-refractivity contribution in [1.29, 1.82) is 0 Å². The summed E-state index contributed by atoms with van der Waals surface area (Å²) in [5.41, 5.74) is 0. The molecule has 2 fully saturated rings. The molecule has 1 aromatic heterocycles. The van der Waals surface area contributed by atoms with E-state index in [1.165, 1.54) is 6.42 Å². The molecule has 1 aromatic rings. The molecule has 1 atom stereocenters. The van der Waals surface area contributed by atoms with Gasteiger partial charge in [-0.15, -0.1) is 11.3 Å². The lowest BCUT2D eigenvalue weighted by atomic mass is 9.88. The van der Waals surface area contributed by atoms with Crippen LogP contribution in [0.1, 0.15) is 49.8 Å². The van der Waals surface area contributed by atoms with Crippen molar-refractivity contribution in [3.05, 3.63) is 22.4 Å². The first-order valence-corrected chi connectivity index (χ1v) is 10.7. The van der Waals surface area contributed by atoms with E-state index in [2.05, 4.69) is 6.07 Å². The highest BCUT2D eigenvalue weighted by Gasteiger charge is 2.39. The van der Waals surface area contributed by atoms with Crippen molar-refractivity contribution in [1.82, 2.24) is 9.80 Å². The zero-order chi connectivity index (χ0) is 18.4. The number of hydrogen-bond donors (Lipinski definition) is 0. The molecule has 0 spiro atoms. The molecule has 1 saturated carbocycles. The average Bonchev–Trinajstić information content (AvgIpc) is 3.36. The van der Waals surface area contributed by atoms with Crippen molar-refractivity contribution in [2.24, 2.45) is 5.92 Å². The van der Waals surface area contributed by atoms with Gasteiger partial charge in [-0.3, -0.25) is 9.59 Å². The number of likely N-dealkylation sites (tertiary alicyclic amines) is 1. The monoisotopic (exact) mass is 378 g/mol. The van der Waals surface area contributed by atoms with Crippen LogP contribution in [0.15, 0.2) is 17.5 Å². The number of rotatable bonds is 7. The molecule has 2 heterocycles. The lowest BCUT2D eigenvalue weighted by Gasteiger charge is -2.33. The van der Waals surface area contributed by atoms with Crippen molar-refractivity contribution in [2.75, 3.05) is 26.8 Å². The molecule has 2 aliphatic rings. The Labute approximate surface area is 160 Å². The number of thiophene rings is 1. The number of carbonyl (C=O) groups is 2. The molecule has 0 radical (unpaired) electrons. The van der Waals surface area contributed by atoms with Gasteiger partial charge in [-0.2, -0.15) is 0 Å². The Morgan fingerprint density at radius 3 is 2.73 bits per heavy atom. The van der Waals surface area contributed by atoms with Crippen LogP contribution in [-0.4, -0.2) is 54.5 Å². The molecule has 0 bridgehead atoms. The Hall–Kier alpha value is -1.40. The minimum absolute atomic E-state index is 0.0807. The standard InChI is InChI=1S/C20H30N2O3S/c1-25-13-12-21(15-17-9-6-14-26-17)20(24)18-10-5-11-22(18)19(23)16-7-3-2-4-8-16/h6,9,14,16,18H,2-5,7-8,10-13,15H2,1H3. The molecule has 2 amide bonds. The van der Waals surface area contributed by atoms with E-state index in [4.69, 9.17) is 4.74 Å². The number of hydrogen-bond acceptors (Lipinski definition) is 4. The van der Waals surface area contributed by atoms with E-state index >= 15 is 0 Å². The topological polar surface area (TPSA) is 49.9 Å². The van der Waals surface area contributed by atoms with Crippen LogP contribution >= 0.6 is 11.3 Å². The molecule has 26 heavy (non-hydrogen) atoms. The van der Waals surface area contributed by atoms with Crippen LogP contribution in [0.4, 0.5) is 0 Å². The second-order valence-corrected chi connectivity index (χ2v) is 8.39. The van der Waals surface area contributed by atoms with E-state index in [0.717, 1.165) is 49.9 Å². The lowest BCUT2D eigenvalue weighted by molar-refractivity contribution is -0.147. The minimum atomic E-state index is -0.291. The van der Waals surface area contributed by atoms with Crippen LogP contribution in [0.5, 0.6) is 0 Å². The van der Waals surface area contributed by atoms with Gasteiger partial charge in [-0.25, -0.2) is 0 Å². The van der Waals surface area contributed by atoms with Gasteiger partial charge in [0.05, 0.1) is 13.2 Å². The van der Waals surface area contributed by atoms with Gasteiger partial charge in [0.15, 0.2) is 0 Å². The molecular formula is C20H30N2O3S. The fraction of sp³-hybridized carbons (Fsp3) is 0.700. The molecule has 3 rings (SSSR count). The highest BCUT2D eigenvalue weighted by Crippen LogP contribution is 2.29. The third-order valence-corrected chi connectivity index (χ3v) is 6.44. The summed E-state index contributed by atoms with van der Waals surface area (Å²) >= 11 is 1.66. The largest absolute Gasteiger partial charge is 0.383 e. The van der Waals surface area contributed by atoms with Crippen LogP contribution in [0.3, 0.4) is 0 Å². The van der Waals surface area contributed by atoms with Crippen molar-refractivity contribution < 1.29 is 14.3 Å². The van der Waals surface area contributed by atoms with Gasteiger partial charge in [0.25, 0.3) is 0 Å². The second-order valence-electron chi connectivity index (χ2n) is 7.36. The Morgan fingerprint density at radius 1 is 1.23 bits per heavy atom. The second kappa shape index (κ2) is 9.51. The maximum Gasteiger partial charge on any atom is 0.245 e. The predicted octanol–water partition coefficient (Wildman–Crippen LogP) is 3.29. The molecule has 1 aliphatic carbocycles. The lowest BCUT2D eigenvalue weighted by Crippen LogP contribution is -2.50.